The normalized spacial score (nSPS) is 11.5. The van der Waals surface area contributed by atoms with Gasteiger partial charge in [0.15, 0.2) is 0 Å². The van der Waals surface area contributed by atoms with Gasteiger partial charge in [0.25, 0.3) is 0 Å². The number of nitrogens with one attached hydrogen (secondary N) is 1. The van der Waals surface area contributed by atoms with Crippen LogP contribution in [0.5, 0.6) is 0 Å². The predicted molar refractivity (Wildman–Crippen MR) is 79.6 cm³/mol. The van der Waals surface area contributed by atoms with E-state index >= 15 is 0 Å². The third-order valence-corrected chi connectivity index (χ3v) is 3.03. The molecule has 0 unspecified atom stereocenters. The van der Waals surface area contributed by atoms with Crippen molar-refractivity contribution in [3.05, 3.63) is 41.5 Å². The average molecular weight is 306 g/mol. The van der Waals surface area contributed by atoms with Gasteiger partial charge in [-0.3, -0.25) is 4.79 Å². The van der Waals surface area contributed by atoms with E-state index < -0.39 is 5.60 Å². The highest BCUT2D eigenvalue weighted by Crippen LogP contribution is 2.22. The molecule has 0 aliphatic heterocycles. The number of rotatable bonds is 5. The maximum atomic E-state index is 12.9. The van der Waals surface area contributed by atoms with E-state index in [0.29, 0.717) is 22.9 Å². The Morgan fingerprint density at radius 1 is 1.36 bits per heavy atom. The minimum absolute atomic E-state index is 0.0621. The first kappa shape index (κ1) is 16.2. The molecular weight excluding hydrogens is 287 g/mol. The fourth-order valence-electron chi connectivity index (χ4n) is 1.84. The summed E-state index contributed by atoms with van der Waals surface area (Å²) in [5, 5.41) is 12.2. The molecular formula is C16H19FN2O3. The number of hydrogen-bond acceptors (Lipinski definition) is 4. The molecule has 0 radical (unpaired) electrons. The monoisotopic (exact) mass is 306 g/mol. The van der Waals surface area contributed by atoms with Crippen LogP contribution in [-0.4, -0.2) is 28.1 Å². The second-order valence-electron chi connectivity index (χ2n) is 5.79. The third kappa shape index (κ3) is 4.39. The van der Waals surface area contributed by atoms with Gasteiger partial charge in [-0.1, -0.05) is 0 Å². The minimum atomic E-state index is -0.964. The van der Waals surface area contributed by atoms with Crippen LogP contribution in [0.25, 0.3) is 11.5 Å². The molecule has 0 aliphatic carbocycles. The molecule has 118 valence electrons. The maximum Gasteiger partial charge on any atom is 0.226 e. The fourth-order valence-corrected chi connectivity index (χ4v) is 1.84. The largest absolute Gasteiger partial charge is 0.441 e. The van der Waals surface area contributed by atoms with E-state index in [1.54, 1.807) is 32.9 Å². The molecule has 0 aliphatic rings. The first-order chi connectivity index (χ1) is 10.2. The van der Waals surface area contributed by atoms with E-state index in [9.17, 15) is 14.3 Å². The number of aryl methyl sites for hydroxylation is 1. The van der Waals surface area contributed by atoms with Crippen LogP contribution in [0.15, 0.2) is 28.7 Å². The zero-order valence-electron chi connectivity index (χ0n) is 12.8. The van der Waals surface area contributed by atoms with Crippen molar-refractivity contribution in [3.8, 4) is 11.5 Å². The Bertz CT molecular complexity index is 657. The summed E-state index contributed by atoms with van der Waals surface area (Å²) in [6.45, 7) is 5.11. The zero-order valence-corrected chi connectivity index (χ0v) is 12.8. The van der Waals surface area contributed by atoms with Crippen molar-refractivity contribution >= 4 is 5.91 Å². The molecule has 0 fully saturated rings. The summed E-state index contributed by atoms with van der Waals surface area (Å²) < 4.78 is 18.4. The predicted octanol–water partition coefficient (Wildman–Crippen LogP) is 2.22. The molecule has 0 spiro atoms. The molecule has 2 aromatic rings. The van der Waals surface area contributed by atoms with Gasteiger partial charge in [-0.2, -0.15) is 0 Å². The Hall–Kier alpha value is -2.21. The number of carbonyl (C=O) groups is 1. The highest BCUT2D eigenvalue weighted by Gasteiger charge is 2.17. The van der Waals surface area contributed by atoms with Crippen LogP contribution in [0.3, 0.4) is 0 Å². The van der Waals surface area contributed by atoms with Gasteiger partial charge in [0.05, 0.1) is 17.7 Å². The Morgan fingerprint density at radius 2 is 2.00 bits per heavy atom. The molecule has 1 aromatic heterocycles. The molecule has 5 nitrogen and oxygen atoms in total. The smallest absolute Gasteiger partial charge is 0.226 e. The molecule has 2 N–H and O–H groups in total. The van der Waals surface area contributed by atoms with E-state index in [0.717, 1.165) is 0 Å². The Labute approximate surface area is 128 Å². The van der Waals surface area contributed by atoms with Gasteiger partial charge >= 0.3 is 0 Å². The molecule has 0 bridgehead atoms. The molecule has 6 heteroatoms. The van der Waals surface area contributed by atoms with Gasteiger partial charge in [-0.25, -0.2) is 9.37 Å². The van der Waals surface area contributed by atoms with Crippen LogP contribution < -0.4 is 5.32 Å². The van der Waals surface area contributed by atoms with E-state index in [-0.39, 0.29) is 24.7 Å². The summed E-state index contributed by atoms with van der Waals surface area (Å²) in [5.74, 6) is 0.308. The Morgan fingerprint density at radius 3 is 2.59 bits per heavy atom. The Kier molecular flexibility index (Phi) is 4.61. The molecule has 2 rings (SSSR count). The Balaban J connectivity index is 2.07. The molecule has 0 saturated heterocycles. The van der Waals surface area contributed by atoms with Gasteiger partial charge in [0, 0.05) is 12.1 Å². The molecule has 1 amide bonds. The summed E-state index contributed by atoms with van der Waals surface area (Å²) in [7, 11) is 0. The number of amides is 1. The quantitative estimate of drug-likeness (QED) is 0.888. The van der Waals surface area contributed by atoms with E-state index in [1.807, 2.05) is 0 Å². The average Bonchev–Trinajstić information content (AvgIpc) is 2.78. The van der Waals surface area contributed by atoms with E-state index in [1.165, 1.54) is 12.1 Å². The van der Waals surface area contributed by atoms with Crippen molar-refractivity contribution in [2.75, 3.05) is 6.54 Å². The first-order valence-corrected chi connectivity index (χ1v) is 6.96. The molecule has 0 atom stereocenters. The van der Waals surface area contributed by atoms with Crippen LogP contribution in [0.1, 0.15) is 25.3 Å². The van der Waals surface area contributed by atoms with E-state index in [2.05, 4.69) is 10.3 Å². The van der Waals surface area contributed by atoms with Gasteiger partial charge in [-0.15, -0.1) is 0 Å². The summed E-state index contributed by atoms with van der Waals surface area (Å²) >= 11 is 0. The van der Waals surface area contributed by atoms with Crippen molar-refractivity contribution in [2.45, 2.75) is 32.8 Å². The number of aliphatic hydroxyl groups is 1. The lowest BCUT2D eigenvalue weighted by atomic mass is 10.1. The SMILES string of the molecule is Cc1oc(-c2ccc(F)cc2)nc1CC(=O)NCC(C)(C)O. The van der Waals surface area contributed by atoms with Crippen molar-refractivity contribution in [2.24, 2.45) is 0 Å². The number of benzene rings is 1. The van der Waals surface area contributed by atoms with Gasteiger partial charge in [0.1, 0.15) is 11.6 Å². The lowest BCUT2D eigenvalue weighted by Gasteiger charge is -2.17. The lowest BCUT2D eigenvalue weighted by Crippen LogP contribution is -2.38. The van der Waals surface area contributed by atoms with E-state index in [4.69, 9.17) is 4.42 Å². The lowest BCUT2D eigenvalue weighted by molar-refractivity contribution is -0.121. The minimum Gasteiger partial charge on any atom is -0.441 e. The third-order valence-electron chi connectivity index (χ3n) is 3.03. The number of halogens is 1. The first-order valence-electron chi connectivity index (χ1n) is 6.96. The second kappa shape index (κ2) is 6.27. The van der Waals surface area contributed by atoms with Crippen LogP contribution in [-0.2, 0) is 11.2 Å². The number of nitrogens with zero attached hydrogens (tertiary/aromatic N) is 1. The standard InChI is InChI=1S/C16H19FN2O3/c1-10-13(8-14(20)18-9-16(2,3)21)19-15(22-10)11-4-6-12(17)7-5-11/h4-7,21H,8-9H2,1-3H3,(H,18,20). The van der Waals surface area contributed by atoms with Crippen LogP contribution in [0.4, 0.5) is 4.39 Å². The maximum absolute atomic E-state index is 12.9. The number of carbonyl (C=O) groups excluding carboxylic acids is 1. The summed E-state index contributed by atoms with van der Waals surface area (Å²) in [4.78, 5) is 16.1. The van der Waals surface area contributed by atoms with Crippen molar-refractivity contribution in [3.63, 3.8) is 0 Å². The number of aromatic nitrogens is 1. The number of hydrogen-bond donors (Lipinski definition) is 2. The molecule has 1 heterocycles. The zero-order chi connectivity index (χ0) is 16.3. The van der Waals surface area contributed by atoms with Crippen molar-refractivity contribution < 1.29 is 18.7 Å². The van der Waals surface area contributed by atoms with Gasteiger partial charge < -0.3 is 14.8 Å². The van der Waals surface area contributed by atoms with Crippen molar-refractivity contribution in [1.29, 1.82) is 0 Å². The van der Waals surface area contributed by atoms with Crippen LogP contribution in [0, 0.1) is 12.7 Å². The molecule has 22 heavy (non-hydrogen) atoms. The van der Waals surface area contributed by atoms with Crippen molar-refractivity contribution in [1.82, 2.24) is 10.3 Å². The fraction of sp³-hybridized carbons (Fsp3) is 0.375. The van der Waals surface area contributed by atoms with Gasteiger partial charge in [0.2, 0.25) is 11.8 Å². The molecule has 1 aromatic carbocycles. The summed E-state index contributed by atoms with van der Waals surface area (Å²) in [6, 6.07) is 5.78. The topological polar surface area (TPSA) is 75.4 Å². The van der Waals surface area contributed by atoms with Gasteiger partial charge in [-0.05, 0) is 45.0 Å². The van der Waals surface area contributed by atoms with Crippen LogP contribution in [0.2, 0.25) is 0 Å². The molecule has 0 saturated carbocycles. The highest BCUT2D eigenvalue weighted by atomic mass is 19.1. The summed E-state index contributed by atoms with van der Waals surface area (Å²) in [6.07, 6.45) is 0.0621. The second-order valence-corrected chi connectivity index (χ2v) is 5.79. The highest BCUT2D eigenvalue weighted by molar-refractivity contribution is 5.78. The number of oxazole rings is 1. The van der Waals surface area contributed by atoms with Crippen LogP contribution >= 0.6 is 0 Å². The summed E-state index contributed by atoms with van der Waals surface area (Å²) in [5.41, 5.74) is 0.202.